The molecule has 0 aromatic heterocycles. The predicted octanol–water partition coefficient (Wildman–Crippen LogP) is 2.85. The summed E-state index contributed by atoms with van der Waals surface area (Å²) in [4.78, 5) is 0. The van der Waals surface area contributed by atoms with Gasteiger partial charge in [-0.2, -0.15) is 0 Å². The Hall–Kier alpha value is -1.96. The fraction of sp³-hybridized carbons (Fsp3) is 0.200. The molecule has 2 atom stereocenters. The minimum absolute atomic E-state index is 0.0669. The molecule has 1 aromatic carbocycles. The number of hydrogen-bond donors (Lipinski definition) is 1. The van der Waals surface area contributed by atoms with E-state index in [1.54, 1.807) is 6.26 Å². The molecule has 1 aromatic rings. The highest BCUT2D eigenvalue weighted by atomic mass is 16.5. The first kappa shape index (κ1) is 10.2. The zero-order valence-electron chi connectivity index (χ0n) is 9.76. The maximum atomic E-state index is 6.24. The zero-order chi connectivity index (χ0) is 11.9. The highest BCUT2D eigenvalue weighted by molar-refractivity contribution is 5.78. The van der Waals surface area contributed by atoms with Gasteiger partial charge in [-0.1, -0.05) is 42.5 Å². The van der Waals surface area contributed by atoms with Crippen molar-refractivity contribution >= 4 is 5.57 Å². The van der Waals surface area contributed by atoms with Crippen LogP contribution in [-0.4, -0.2) is 6.10 Å². The second kappa shape index (κ2) is 3.52. The van der Waals surface area contributed by atoms with Gasteiger partial charge in [0.25, 0.3) is 0 Å². The maximum Gasteiger partial charge on any atom is 0.150 e. The Morgan fingerprint density at radius 1 is 1.18 bits per heavy atom. The Labute approximate surface area is 101 Å². The lowest BCUT2D eigenvalue weighted by atomic mass is 9.77. The minimum atomic E-state index is -0.0949. The first-order valence-corrected chi connectivity index (χ1v) is 5.78. The lowest BCUT2D eigenvalue weighted by Gasteiger charge is -2.31. The highest BCUT2D eigenvalue weighted by Gasteiger charge is 2.39. The molecule has 1 heterocycles. The van der Waals surface area contributed by atoms with Gasteiger partial charge in [-0.05, 0) is 18.6 Å². The first-order chi connectivity index (χ1) is 8.21. The van der Waals surface area contributed by atoms with Crippen LogP contribution in [0, 0.1) is 5.41 Å². The van der Waals surface area contributed by atoms with Crippen molar-refractivity contribution in [2.24, 2.45) is 11.1 Å². The molecule has 17 heavy (non-hydrogen) atoms. The molecule has 2 N–H and O–H groups in total. The van der Waals surface area contributed by atoms with E-state index in [4.69, 9.17) is 10.5 Å². The van der Waals surface area contributed by atoms with Gasteiger partial charge in [0.15, 0.2) is 0 Å². The summed E-state index contributed by atoms with van der Waals surface area (Å²) in [5, 5.41) is 0. The van der Waals surface area contributed by atoms with Gasteiger partial charge in [0, 0.05) is 11.0 Å². The van der Waals surface area contributed by atoms with Gasteiger partial charge < -0.3 is 10.5 Å². The van der Waals surface area contributed by atoms with Crippen molar-refractivity contribution in [1.29, 1.82) is 0 Å². The van der Waals surface area contributed by atoms with Crippen LogP contribution < -0.4 is 5.73 Å². The smallest absolute Gasteiger partial charge is 0.150 e. The third kappa shape index (κ3) is 1.48. The van der Waals surface area contributed by atoms with E-state index < -0.39 is 0 Å². The molecule has 2 heteroatoms. The van der Waals surface area contributed by atoms with E-state index >= 15 is 0 Å². The average molecular weight is 225 g/mol. The van der Waals surface area contributed by atoms with Crippen molar-refractivity contribution in [3.8, 4) is 0 Å². The highest BCUT2D eigenvalue weighted by Crippen LogP contribution is 2.42. The molecule has 2 unspecified atom stereocenters. The van der Waals surface area contributed by atoms with E-state index in [2.05, 4.69) is 37.3 Å². The van der Waals surface area contributed by atoms with Crippen molar-refractivity contribution in [3.63, 3.8) is 0 Å². The molecule has 0 spiro atoms. The van der Waals surface area contributed by atoms with Gasteiger partial charge in [0.1, 0.15) is 6.10 Å². The van der Waals surface area contributed by atoms with Crippen LogP contribution in [0.15, 0.2) is 60.5 Å². The van der Waals surface area contributed by atoms with Gasteiger partial charge in [-0.25, -0.2) is 0 Å². The molecule has 0 bridgehead atoms. The van der Waals surface area contributed by atoms with Crippen molar-refractivity contribution in [1.82, 2.24) is 0 Å². The minimum Gasteiger partial charge on any atom is -0.491 e. The Morgan fingerprint density at radius 2 is 1.94 bits per heavy atom. The summed E-state index contributed by atoms with van der Waals surface area (Å²) >= 11 is 0. The van der Waals surface area contributed by atoms with Gasteiger partial charge in [0.2, 0.25) is 0 Å². The summed E-state index contributed by atoms with van der Waals surface area (Å²) in [6.45, 7) is 2.13. The van der Waals surface area contributed by atoms with Gasteiger partial charge in [-0.15, -0.1) is 0 Å². The van der Waals surface area contributed by atoms with Crippen LogP contribution in [0.2, 0.25) is 0 Å². The molecule has 0 saturated carbocycles. The molecule has 2 aliphatic rings. The quantitative estimate of drug-likeness (QED) is 0.797. The normalized spacial score (nSPS) is 30.3. The molecule has 0 amide bonds. The largest absolute Gasteiger partial charge is 0.491 e. The number of benzene rings is 1. The zero-order valence-corrected chi connectivity index (χ0v) is 9.76. The van der Waals surface area contributed by atoms with Crippen molar-refractivity contribution in [2.75, 3.05) is 0 Å². The fourth-order valence-corrected chi connectivity index (χ4v) is 2.43. The monoisotopic (exact) mass is 225 g/mol. The van der Waals surface area contributed by atoms with E-state index in [9.17, 15) is 0 Å². The summed E-state index contributed by atoms with van der Waals surface area (Å²) in [6, 6.07) is 10.2. The SMILES string of the molecule is CC12C=COC1C(N)=C(c1ccccc1)C=C2. The number of hydrogen-bond acceptors (Lipinski definition) is 2. The summed E-state index contributed by atoms with van der Waals surface area (Å²) in [5.74, 6) is 0. The second-order valence-corrected chi connectivity index (χ2v) is 4.75. The van der Waals surface area contributed by atoms with E-state index in [0.29, 0.717) is 0 Å². The lowest BCUT2D eigenvalue weighted by Crippen LogP contribution is -2.34. The third-order valence-corrected chi connectivity index (χ3v) is 3.49. The van der Waals surface area contributed by atoms with Crippen LogP contribution in [0.25, 0.3) is 5.57 Å². The van der Waals surface area contributed by atoms with E-state index in [1.807, 2.05) is 18.2 Å². The van der Waals surface area contributed by atoms with Crippen LogP contribution in [0.4, 0.5) is 0 Å². The summed E-state index contributed by atoms with van der Waals surface area (Å²) in [7, 11) is 0. The van der Waals surface area contributed by atoms with E-state index in [0.717, 1.165) is 16.8 Å². The number of allylic oxidation sites excluding steroid dienone is 2. The summed E-state index contributed by atoms with van der Waals surface area (Å²) in [6.07, 6.45) is 8.00. The van der Waals surface area contributed by atoms with Gasteiger partial charge >= 0.3 is 0 Å². The van der Waals surface area contributed by atoms with Gasteiger partial charge in [0.05, 0.1) is 12.0 Å². The Bertz CT molecular complexity index is 527. The van der Waals surface area contributed by atoms with E-state index in [1.165, 1.54) is 0 Å². The predicted molar refractivity (Wildman–Crippen MR) is 68.8 cm³/mol. The number of rotatable bonds is 1. The van der Waals surface area contributed by atoms with E-state index in [-0.39, 0.29) is 11.5 Å². The molecule has 3 rings (SSSR count). The van der Waals surface area contributed by atoms with Crippen LogP contribution in [-0.2, 0) is 4.74 Å². The lowest BCUT2D eigenvalue weighted by molar-refractivity contribution is 0.140. The fourth-order valence-electron chi connectivity index (χ4n) is 2.43. The van der Waals surface area contributed by atoms with Crippen molar-refractivity contribution < 1.29 is 4.74 Å². The Balaban J connectivity index is 2.06. The van der Waals surface area contributed by atoms with Crippen LogP contribution in [0.1, 0.15) is 12.5 Å². The van der Waals surface area contributed by atoms with Crippen molar-refractivity contribution in [3.05, 3.63) is 66.1 Å². The first-order valence-electron chi connectivity index (χ1n) is 5.78. The average Bonchev–Trinajstić information content (AvgIpc) is 2.74. The Morgan fingerprint density at radius 3 is 2.71 bits per heavy atom. The standard InChI is InChI=1S/C15H15NO/c1-15-8-7-12(11-5-3-2-4-6-11)13(16)14(15)17-10-9-15/h2-10,14H,16H2,1H3. The molecular weight excluding hydrogens is 210 g/mol. The third-order valence-electron chi connectivity index (χ3n) is 3.49. The maximum absolute atomic E-state index is 6.24. The Kier molecular flexibility index (Phi) is 2.11. The molecule has 0 fully saturated rings. The van der Waals surface area contributed by atoms with Crippen LogP contribution in [0.3, 0.4) is 0 Å². The summed E-state index contributed by atoms with van der Waals surface area (Å²) in [5.41, 5.74) is 9.17. The topological polar surface area (TPSA) is 35.2 Å². The molecule has 1 aliphatic carbocycles. The van der Waals surface area contributed by atoms with Crippen LogP contribution in [0.5, 0.6) is 0 Å². The van der Waals surface area contributed by atoms with Crippen LogP contribution >= 0.6 is 0 Å². The summed E-state index contributed by atoms with van der Waals surface area (Å²) < 4.78 is 5.61. The van der Waals surface area contributed by atoms with Gasteiger partial charge in [-0.3, -0.25) is 0 Å². The number of ether oxygens (including phenoxy) is 1. The molecule has 0 saturated heterocycles. The number of fused-ring (bicyclic) bond motifs is 1. The molecular formula is C15H15NO. The molecule has 1 aliphatic heterocycles. The molecule has 2 nitrogen and oxygen atoms in total. The van der Waals surface area contributed by atoms with Crippen molar-refractivity contribution in [2.45, 2.75) is 13.0 Å². The second-order valence-electron chi connectivity index (χ2n) is 4.75. The molecule has 0 radical (unpaired) electrons. The number of nitrogens with two attached hydrogens (primary N) is 1. The molecule has 86 valence electrons.